The summed E-state index contributed by atoms with van der Waals surface area (Å²) in [5.41, 5.74) is 0.571. The minimum atomic E-state index is -4.76. The maximum Gasteiger partial charge on any atom is 0.530 e. The number of hydrogen-bond donors (Lipinski definition) is 0. The number of carbonyl (C=O) groups excluding carboxylic acids is 4. The molecule has 0 aromatic heterocycles. The molecule has 6 aromatic rings. The molecule has 0 spiro atoms. The maximum atomic E-state index is 16.1. The summed E-state index contributed by atoms with van der Waals surface area (Å²) in [5.74, 6) is 0.0330. The second kappa shape index (κ2) is 22.4. The second-order valence-electron chi connectivity index (χ2n) is 20.7. The topological polar surface area (TPSA) is 158 Å². The molecule has 0 aliphatic rings. The van der Waals surface area contributed by atoms with Crippen molar-refractivity contribution >= 4 is 52.2 Å². The largest absolute Gasteiger partial charge is 0.530 e. The molecule has 0 saturated heterocycles. The highest BCUT2D eigenvalue weighted by atomic mass is 32.2. The highest BCUT2D eigenvalue weighted by Gasteiger charge is 2.37. The van der Waals surface area contributed by atoms with Crippen molar-refractivity contribution in [2.75, 3.05) is 0 Å². The lowest BCUT2D eigenvalue weighted by Gasteiger charge is -2.34. The molecule has 0 aliphatic carbocycles. The van der Waals surface area contributed by atoms with Gasteiger partial charge in [-0.25, -0.2) is 8.42 Å². The van der Waals surface area contributed by atoms with Crippen LogP contribution in [0.15, 0.2) is 143 Å². The van der Waals surface area contributed by atoms with Crippen LogP contribution in [-0.4, -0.2) is 33.6 Å². The van der Waals surface area contributed by atoms with Crippen molar-refractivity contribution in [3.63, 3.8) is 0 Å². The average Bonchev–Trinajstić information content (AvgIpc) is 3.30. The van der Waals surface area contributed by atoms with Crippen LogP contribution in [0, 0.1) is 10.8 Å². The van der Waals surface area contributed by atoms with Crippen molar-refractivity contribution in [2.45, 2.75) is 103 Å². The van der Waals surface area contributed by atoms with Crippen LogP contribution in [0.2, 0.25) is 0 Å². The van der Waals surface area contributed by atoms with Gasteiger partial charge in [-0.05, 0) is 118 Å². The Balaban J connectivity index is 1.60. The highest BCUT2D eigenvalue weighted by molar-refractivity contribution is 7.91. The Kier molecular flexibility index (Phi) is 17.0. The molecular formula is C56H60O12P2S. The first kappa shape index (κ1) is 54.0. The molecule has 0 radical (unpaired) electrons. The first-order valence-electron chi connectivity index (χ1n) is 22.9. The van der Waals surface area contributed by atoms with Crippen molar-refractivity contribution in [3.05, 3.63) is 167 Å². The molecule has 6 rings (SSSR count). The Morgan fingerprint density at radius 3 is 0.887 bits per heavy atom. The molecule has 6 aromatic carbocycles. The number of aldehydes is 4. The minimum absolute atomic E-state index is 0.0923. The number of para-hydroxylation sites is 4. The summed E-state index contributed by atoms with van der Waals surface area (Å²) < 4.78 is 70.5. The predicted octanol–water partition coefficient (Wildman–Crippen LogP) is 14.7. The van der Waals surface area contributed by atoms with E-state index >= 15 is 8.42 Å². The summed E-state index contributed by atoms with van der Waals surface area (Å²) in [7, 11) is -10.1. The van der Waals surface area contributed by atoms with Gasteiger partial charge in [-0.3, -0.25) is 19.2 Å². The van der Waals surface area contributed by atoms with Gasteiger partial charge in [0.25, 0.3) is 0 Å². The van der Waals surface area contributed by atoms with E-state index in [-0.39, 0.29) is 77.4 Å². The van der Waals surface area contributed by atoms with Gasteiger partial charge < -0.3 is 27.1 Å². The average molecular weight is 1020 g/mol. The molecule has 0 unspecified atom stereocenters. The van der Waals surface area contributed by atoms with Crippen LogP contribution in [0.3, 0.4) is 0 Å². The third kappa shape index (κ3) is 13.9. The lowest BCUT2D eigenvalue weighted by atomic mass is 9.72. The zero-order valence-corrected chi connectivity index (χ0v) is 44.2. The molecule has 0 fully saturated rings. The van der Waals surface area contributed by atoms with Crippen LogP contribution in [0.4, 0.5) is 0 Å². The molecule has 0 amide bonds. The van der Waals surface area contributed by atoms with Crippen molar-refractivity contribution in [2.24, 2.45) is 10.8 Å². The van der Waals surface area contributed by atoms with Crippen molar-refractivity contribution in [1.82, 2.24) is 0 Å². The molecule has 0 heterocycles. The fraction of sp³-hybridized carbons (Fsp3) is 0.286. The molecular weight excluding hydrogens is 959 g/mol. The van der Waals surface area contributed by atoms with Crippen LogP contribution in [-0.2, 0) is 20.7 Å². The van der Waals surface area contributed by atoms with Gasteiger partial charge in [0, 0.05) is 0 Å². The van der Waals surface area contributed by atoms with E-state index in [1.54, 1.807) is 133 Å². The molecule has 0 bridgehead atoms. The Morgan fingerprint density at radius 2 is 0.634 bits per heavy atom. The Labute approximate surface area is 419 Å². The SMILES string of the molecule is CC(C)(C)CC(C)(C)c1ccc(OP(Oc2ccccc2C=O)Oc2ccccc2C=O)c(S(=O)(=O)c2cc(C(C)(C)CC(C)(C)C)ccc2OP(Oc2ccccc2C=O)Oc2ccccc2C=O)c1. The number of benzene rings is 6. The Morgan fingerprint density at radius 1 is 0.380 bits per heavy atom. The van der Waals surface area contributed by atoms with E-state index < -0.39 is 37.9 Å². The zero-order valence-electron chi connectivity index (χ0n) is 41.6. The van der Waals surface area contributed by atoms with Crippen LogP contribution >= 0.6 is 17.2 Å². The normalized spacial score (nSPS) is 12.2. The van der Waals surface area contributed by atoms with Gasteiger partial charge in [0.05, 0.1) is 22.3 Å². The highest BCUT2D eigenvalue weighted by Crippen LogP contribution is 2.51. The summed E-state index contributed by atoms with van der Waals surface area (Å²) in [4.78, 5) is 48.3. The van der Waals surface area contributed by atoms with Gasteiger partial charge >= 0.3 is 17.2 Å². The van der Waals surface area contributed by atoms with E-state index in [9.17, 15) is 19.2 Å². The zero-order chi connectivity index (χ0) is 51.8. The van der Waals surface area contributed by atoms with Gasteiger partial charge in [0.2, 0.25) is 9.84 Å². The molecule has 0 aliphatic heterocycles. The summed E-state index contributed by atoms with van der Waals surface area (Å²) in [6, 6.07) is 35.5. The van der Waals surface area contributed by atoms with E-state index in [0.29, 0.717) is 49.1 Å². The lowest BCUT2D eigenvalue weighted by Crippen LogP contribution is -2.25. The summed E-state index contributed by atoms with van der Waals surface area (Å²) in [6.45, 7) is 20.8. The lowest BCUT2D eigenvalue weighted by molar-refractivity contribution is 0.111. The molecule has 0 saturated carbocycles. The number of hydrogen-bond acceptors (Lipinski definition) is 12. The van der Waals surface area contributed by atoms with Crippen LogP contribution < -0.4 is 27.1 Å². The Hall–Kier alpha value is -6.39. The fourth-order valence-corrected chi connectivity index (χ4v) is 12.5. The van der Waals surface area contributed by atoms with Gasteiger partial charge in [0.1, 0.15) is 44.3 Å². The van der Waals surface area contributed by atoms with Gasteiger partial charge in [-0.15, -0.1) is 0 Å². The van der Waals surface area contributed by atoms with E-state index in [0.717, 1.165) is 0 Å². The molecule has 71 heavy (non-hydrogen) atoms. The predicted molar refractivity (Wildman–Crippen MR) is 277 cm³/mol. The van der Waals surface area contributed by atoms with E-state index in [4.69, 9.17) is 27.1 Å². The van der Waals surface area contributed by atoms with Gasteiger partial charge in [-0.1, -0.05) is 130 Å². The number of rotatable bonds is 22. The maximum absolute atomic E-state index is 16.1. The van der Waals surface area contributed by atoms with Crippen molar-refractivity contribution < 1.29 is 54.7 Å². The van der Waals surface area contributed by atoms with Gasteiger partial charge in [0.15, 0.2) is 25.1 Å². The monoisotopic (exact) mass is 1020 g/mol. The molecule has 372 valence electrons. The number of carbonyl (C=O) groups is 4. The Bertz CT molecular complexity index is 2690. The van der Waals surface area contributed by atoms with Crippen LogP contribution in [0.5, 0.6) is 34.5 Å². The van der Waals surface area contributed by atoms with Crippen molar-refractivity contribution in [1.29, 1.82) is 0 Å². The van der Waals surface area contributed by atoms with E-state index in [1.165, 1.54) is 0 Å². The van der Waals surface area contributed by atoms with E-state index in [1.807, 2.05) is 27.7 Å². The quantitative estimate of drug-likeness (QED) is 0.0469. The first-order valence-corrected chi connectivity index (χ1v) is 26.5. The summed E-state index contributed by atoms with van der Waals surface area (Å²) in [6.07, 6.45) is 3.76. The third-order valence-corrected chi connectivity index (χ3v) is 15.1. The first-order chi connectivity index (χ1) is 33.5. The molecule has 0 N–H and O–H groups in total. The molecule has 0 atom stereocenters. The summed E-state index contributed by atoms with van der Waals surface area (Å²) >= 11 is 0. The third-order valence-electron chi connectivity index (χ3n) is 11.2. The molecule has 12 nitrogen and oxygen atoms in total. The minimum Gasteiger partial charge on any atom is -0.408 e. The smallest absolute Gasteiger partial charge is 0.408 e. The van der Waals surface area contributed by atoms with Crippen LogP contribution in [0.25, 0.3) is 0 Å². The van der Waals surface area contributed by atoms with Gasteiger partial charge in [-0.2, -0.15) is 0 Å². The van der Waals surface area contributed by atoms with Crippen molar-refractivity contribution in [3.8, 4) is 34.5 Å². The fourth-order valence-electron chi connectivity index (χ4n) is 8.64. The number of sulfone groups is 1. The molecule has 15 heteroatoms. The van der Waals surface area contributed by atoms with Crippen LogP contribution in [0.1, 0.15) is 135 Å². The van der Waals surface area contributed by atoms with E-state index in [2.05, 4.69) is 41.5 Å². The summed E-state index contributed by atoms with van der Waals surface area (Å²) in [5, 5.41) is 0. The second-order valence-corrected chi connectivity index (χ2v) is 24.6. The standard InChI is InChI=1S/C56H60O12P2S/c1-53(2,3)37-55(7,8)43-27-29-49(67-69(63-45-23-15-11-19-39(45)33-57)64-46-24-16-12-20-40(46)34-58)51(31-43)71(61,62)52-32-44(56(9,10)38-54(4,5)6)28-30-50(52)68-70(65-47-25-17-13-21-41(47)35-59)66-48-26-18-14-22-42(48)36-60/h11-36H,37-38H2,1-10H3.